The Morgan fingerprint density at radius 2 is 1.74 bits per heavy atom. The number of aromatic nitrogens is 1. The summed E-state index contributed by atoms with van der Waals surface area (Å²) < 4.78 is 37.4. The van der Waals surface area contributed by atoms with Crippen LogP contribution in [0, 0.1) is 0 Å². The van der Waals surface area contributed by atoms with Gasteiger partial charge in [-0.2, -0.15) is 0 Å². The number of sulfonamides is 1. The van der Waals surface area contributed by atoms with E-state index in [9.17, 15) is 8.42 Å². The van der Waals surface area contributed by atoms with Crippen LogP contribution in [0.3, 0.4) is 0 Å². The average molecular weight is 330 g/mol. The van der Waals surface area contributed by atoms with Crippen molar-refractivity contribution in [3.8, 4) is 16.9 Å². The average Bonchev–Trinajstić information content (AvgIpc) is 3.03. The number of ether oxygens (including phenoxy) is 1. The van der Waals surface area contributed by atoms with Gasteiger partial charge in [-0.1, -0.05) is 35.5 Å². The number of benzene rings is 2. The van der Waals surface area contributed by atoms with Crippen LogP contribution in [0.4, 0.5) is 5.88 Å². The van der Waals surface area contributed by atoms with Gasteiger partial charge < -0.3 is 9.26 Å². The number of anilines is 1. The lowest BCUT2D eigenvalue weighted by molar-refractivity contribution is 0.414. The van der Waals surface area contributed by atoms with Crippen molar-refractivity contribution in [3.63, 3.8) is 0 Å². The summed E-state index contributed by atoms with van der Waals surface area (Å²) in [6.45, 7) is 0. The molecule has 0 saturated carbocycles. The van der Waals surface area contributed by atoms with Crippen LogP contribution in [-0.4, -0.2) is 20.7 Å². The quantitative estimate of drug-likeness (QED) is 0.777. The highest BCUT2D eigenvalue weighted by atomic mass is 32.2. The fourth-order valence-electron chi connectivity index (χ4n) is 2.07. The van der Waals surface area contributed by atoms with E-state index in [1.165, 1.54) is 25.4 Å². The smallest absolute Gasteiger partial charge is 0.264 e. The highest BCUT2D eigenvalue weighted by molar-refractivity contribution is 7.92. The van der Waals surface area contributed by atoms with E-state index in [4.69, 9.17) is 9.26 Å². The molecule has 23 heavy (non-hydrogen) atoms. The second kappa shape index (κ2) is 6.13. The summed E-state index contributed by atoms with van der Waals surface area (Å²) in [5, 5.41) is 3.68. The minimum absolute atomic E-state index is 0.0759. The number of rotatable bonds is 5. The van der Waals surface area contributed by atoms with Gasteiger partial charge in [-0.15, -0.1) is 0 Å². The molecule has 0 saturated heterocycles. The van der Waals surface area contributed by atoms with Gasteiger partial charge in [0.05, 0.1) is 23.8 Å². The molecule has 0 aliphatic carbocycles. The summed E-state index contributed by atoms with van der Waals surface area (Å²) >= 11 is 0. The second-order valence-corrected chi connectivity index (χ2v) is 6.40. The van der Waals surface area contributed by atoms with E-state index in [2.05, 4.69) is 9.88 Å². The maximum atomic E-state index is 12.4. The third kappa shape index (κ3) is 3.19. The maximum absolute atomic E-state index is 12.4. The molecule has 1 N–H and O–H groups in total. The lowest BCUT2D eigenvalue weighted by Gasteiger charge is -2.07. The predicted octanol–water partition coefficient (Wildman–Crippen LogP) is 3.15. The molecule has 0 atom stereocenters. The lowest BCUT2D eigenvalue weighted by Crippen LogP contribution is -2.12. The van der Waals surface area contributed by atoms with Gasteiger partial charge in [0.25, 0.3) is 10.0 Å². The molecule has 0 amide bonds. The van der Waals surface area contributed by atoms with Gasteiger partial charge in [-0.25, -0.2) is 13.1 Å². The first-order valence-electron chi connectivity index (χ1n) is 6.77. The van der Waals surface area contributed by atoms with Gasteiger partial charge in [-0.3, -0.25) is 0 Å². The highest BCUT2D eigenvalue weighted by Crippen LogP contribution is 2.29. The van der Waals surface area contributed by atoms with Crippen LogP contribution in [0.15, 0.2) is 70.2 Å². The van der Waals surface area contributed by atoms with Crippen molar-refractivity contribution >= 4 is 15.9 Å². The Balaban J connectivity index is 1.91. The zero-order chi connectivity index (χ0) is 16.3. The number of hydrogen-bond donors (Lipinski definition) is 1. The predicted molar refractivity (Wildman–Crippen MR) is 85.7 cm³/mol. The van der Waals surface area contributed by atoms with Gasteiger partial charge >= 0.3 is 0 Å². The summed E-state index contributed by atoms with van der Waals surface area (Å²) in [5.41, 5.74) is 1.38. The van der Waals surface area contributed by atoms with Gasteiger partial charge in [0.2, 0.25) is 5.88 Å². The van der Waals surface area contributed by atoms with E-state index < -0.39 is 10.0 Å². The van der Waals surface area contributed by atoms with E-state index >= 15 is 0 Å². The van der Waals surface area contributed by atoms with Gasteiger partial charge in [0.15, 0.2) is 0 Å². The molecular weight excluding hydrogens is 316 g/mol. The summed E-state index contributed by atoms with van der Waals surface area (Å²) in [6, 6.07) is 15.3. The number of nitrogens with zero attached hydrogens (tertiary/aromatic N) is 1. The first kappa shape index (κ1) is 15.1. The lowest BCUT2D eigenvalue weighted by atomic mass is 10.1. The largest absolute Gasteiger partial charge is 0.497 e. The molecular formula is C16H14N2O4S. The van der Waals surface area contributed by atoms with Crippen molar-refractivity contribution in [2.24, 2.45) is 0 Å². The van der Waals surface area contributed by atoms with Crippen molar-refractivity contribution in [2.45, 2.75) is 4.90 Å². The molecule has 0 bridgehead atoms. The van der Waals surface area contributed by atoms with E-state index in [0.717, 1.165) is 5.56 Å². The summed E-state index contributed by atoms with van der Waals surface area (Å²) in [7, 11) is -2.26. The normalized spacial score (nSPS) is 11.2. The van der Waals surface area contributed by atoms with Crippen LogP contribution < -0.4 is 9.46 Å². The third-order valence-electron chi connectivity index (χ3n) is 3.25. The van der Waals surface area contributed by atoms with Crippen LogP contribution in [0.2, 0.25) is 0 Å². The second-order valence-electron chi connectivity index (χ2n) is 4.72. The van der Waals surface area contributed by atoms with Crippen LogP contribution in [0.1, 0.15) is 0 Å². The summed E-state index contributed by atoms with van der Waals surface area (Å²) in [6.07, 6.45) is 1.47. The molecule has 118 valence electrons. The number of methoxy groups -OCH3 is 1. The Kier molecular flexibility index (Phi) is 4.03. The molecule has 0 aliphatic heterocycles. The van der Waals surface area contributed by atoms with Crippen molar-refractivity contribution in [1.82, 2.24) is 5.16 Å². The fourth-order valence-corrected chi connectivity index (χ4v) is 3.08. The molecule has 0 aliphatic rings. The molecule has 0 fully saturated rings. The zero-order valence-electron chi connectivity index (χ0n) is 12.3. The number of hydrogen-bond acceptors (Lipinski definition) is 5. The van der Waals surface area contributed by atoms with E-state index in [0.29, 0.717) is 11.3 Å². The van der Waals surface area contributed by atoms with E-state index in [1.54, 1.807) is 12.1 Å². The highest BCUT2D eigenvalue weighted by Gasteiger charge is 2.19. The molecule has 1 aromatic heterocycles. The van der Waals surface area contributed by atoms with Crippen molar-refractivity contribution in [3.05, 3.63) is 60.8 Å². The van der Waals surface area contributed by atoms with Crippen LogP contribution in [0.5, 0.6) is 5.75 Å². The van der Waals surface area contributed by atoms with Crippen molar-refractivity contribution in [1.29, 1.82) is 0 Å². The Bertz CT molecular complexity index is 887. The molecule has 0 unspecified atom stereocenters. The summed E-state index contributed by atoms with van der Waals surface area (Å²) in [5.74, 6) is 0.653. The monoisotopic (exact) mass is 330 g/mol. The third-order valence-corrected chi connectivity index (χ3v) is 4.60. The molecule has 0 spiro atoms. The fraction of sp³-hybridized carbons (Fsp3) is 0.0625. The van der Waals surface area contributed by atoms with Crippen molar-refractivity contribution in [2.75, 3.05) is 11.8 Å². The zero-order valence-corrected chi connectivity index (χ0v) is 13.1. The molecule has 1 heterocycles. The van der Waals surface area contributed by atoms with Crippen LogP contribution in [-0.2, 0) is 10.0 Å². The van der Waals surface area contributed by atoms with Crippen LogP contribution in [0.25, 0.3) is 11.1 Å². The molecule has 6 nitrogen and oxygen atoms in total. The van der Waals surface area contributed by atoms with Crippen LogP contribution >= 0.6 is 0 Å². The first-order chi connectivity index (χ1) is 11.1. The Hall–Kier alpha value is -2.80. The summed E-state index contributed by atoms with van der Waals surface area (Å²) in [4.78, 5) is 0.105. The molecule has 7 heteroatoms. The SMILES string of the molecule is COc1ccc(S(=O)(=O)Nc2oncc2-c2ccccc2)cc1. The maximum Gasteiger partial charge on any atom is 0.264 e. The van der Waals surface area contributed by atoms with Gasteiger partial charge in [0, 0.05) is 0 Å². The Labute approximate surface area is 133 Å². The first-order valence-corrected chi connectivity index (χ1v) is 8.25. The topological polar surface area (TPSA) is 81.4 Å². The standard InChI is InChI=1S/C16H14N2O4S/c1-21-13-7-9-14(10-8-13)23(19,20)18-16-15(11-17-22-16)12-5-3-2-4-6-12/h2-11,18H,1H3. The van der Waals surface area contributed by atoms with E-state index in [-0.39, 0.29) is 10.8 Å². The molecule has 3 aromatic rings. The minimum Gasteiger partial charge on any atom is -0.497 e. The van der Waals surface area contributed by atoms with Gasteiger partial charge in [0.1, 0.15) is 5.75 Å². The minimum atomic E-state index is -3.78. The Morgan fingerprint density at radius 1 is 1.04 bits per heavy atom. The Morgan fingerprint density at radius 3 is 2.39 bits per heavy atom. The molecule has 2 aromatic carbocycles. The van der Waals surface area contributed by atoms with Gasteiger partial charge in [-0.05, 0) is 29.8 Å². The van der Waals surface area contributed by atoms with E-state index in [1.807, 2.05) is 30.3 Å². The molecule has 0 radical (unpaired) electrons. The molecule has 3 rings (SSSR count). The van der Waals surface area contributed by atoms with Crippen molar-refractivity contribution < 1.29 is 17.7 Å². The number of nitrogens with one attached hydrogen (secondary N) is 1.